The Balaban J connectivity index is 0.804. The van der Waals surface area contributed by atoms with Crippen LogP contribution in [0.3, 0.4) is 0 Å². The summed E-state index contributed by atoms with van der Waals surface area (Å²) in [5.41, 5.74) is 2.57. The molecule has 0 spiro atoms. The summed E-state index contributed by atoms with van der Waals surface area (Å²) in [5.74, 6) is -6.34. The van der Waals surface area contributed by atoms with Gasteiger partial charge in [-0.1, -0.05) is 34.6 Å². The molecule has 2 aromatic heterocycles. The van der Waals surface area contributed by atoms with Gasteiger partial charge in [-0.05, 0) is 138 Å². The number of rotatable bonds is 34. The Bertz CT molecular complexity index is 4380. The van der Waals surface area contributed by atoms with Crippen LogP contribution in [0.15, 0.2) is 72.8 Å². The maximum absolute atomic E-state index is 14.2. The first-order valence-corrected chi connectivity index (χ1v) is 38.8. The maximum Gasteiger partial charge on any atom is 0.412 e. The number of carbonyl (C=O) groups excluding carboxylic acids is 9. The van der Waals surface area contributed by atoms with Gasteiger partial charge in [0.05, 0.1) is 30.8 Å². The molecule has 0 bridgehead atoms. The second-order valence-corrected chi connectivity index (χ2v) is 29.3. The average molecular weight is 1600 g/mol. The topological polar surface area (TPSA) is 447 Å². The minimum atomic E-state index is -1.95. The van der Waals surface area contributed by atoms with E-state index in [1.807, 2.05) is 27.7 Å². The summed E-state index contributed by atoms with van der Waals surface area (Å²) in [6.45, 7) is 13.2. The second-order valence-electron chi connectivity index (χ2n) is 29.3. The van der Waals surface area contributed by atoms with Crippen LogP contribution in [0, 0.1) is 0 Å². The molecule has 0 aliphatic carbocycles. The van der Waals surface area contributed by atoms with Gasteiger partial charge in [0.15, 0.2) is 11.6 Å². The van der Waals surface area contributed by atoms with Gasteiger partial charge in [-0.15, -0.1) is 20.4 Å². The number of nitrogens with zero attached hydrogens (tertiary/aromatic N) is 12. The molecular weight excluding hydrogens is 1490 g/mol. The molecule has 3 fully saturated rings. The zero-order valence-corrected chi connectivity index (χ0v) is 66.7. The number of hydrogen-bond acceptors (Lipinski definition) is 27. The molecule has 5 heterocycles. The summed E-state index contributed by atoms with van der Waals surface area (Å²) < 4.78 is 31.4. The number of nitrogens with one attached hydrogen (secondary N) is 4. The highest BCUT2D eigenvalue weighted by Crippen LogP contribution is 2.41. The number of cyclic esters (lactones) is 2. The van der Waals surface area contributed by atoms with Gasteiger partial charge in [0.2, 0.25) is 35.3 Å². The Kier molecular flexibility index (Phi) is 31.2. The van der Waals surface area contributed by atoms with Crippen molar-refractivity contribution in [3.05, 3.63) is 95.6 Å². The number of phenolic OH excluding ortho intramolecular Hbond substituents is 4. The predicted octanol–water partition coefficient (Wildman–Crippen LogP) is 4.24. The normalized spacial score (nSPS) is 15.7. The van der Waals surface area contributed by atoms with Crippen molar-refractivity contribution in [1.29, 1.82) is 0 Å². The average Bonchev–Trinajstić information content (AvgIpc) is 1.69. The van der Waals surface area contributed by atoms with Crippen LogP contribution in [0.25, 0.3) is 34.2 Å². The fraction of sp³-hybridized carbons (Fsp3) is 0.519. The zero-order valence-electron chi connectivity index (χ0n) is 66.7. The van der Waals surface area contributed by atoms with Crippen LogP contribution in [-0.4, -0.2) is 294 Å². The number of carbonyl (C=O) groups is 10. The van der Waals surface area contributed by atoms with Gasteiger partial charge in [-0.2, -0.15) is 0 Å². The first-order chi connectivity index (χ1) is 54.9. The number of aromatic hydroxyl groups is 4. The van der Waals surface area contributed by atoms with Gasteiger partial charge in [0.25, 0.3) is 11.8 Å². The van der Waals surface area contributed by atoms with E-state index in [0.29, 0.717) is 99.0 Å². The van der Waals surface area contributed by atoms with Crippen molar-refractivity contribution in [2.75, 3.05) is 119 Å². The number of carboxylic acids is 1. The molecule has 4 aromatic carbocycles. The largest absolute Gasteiger partial charge is 0.508 e. The van der Waals surface area contributed by atoms with Crippen molar-refractivity contribution >= 4 is 59.3 Å². The number of likely N-dealkylation sites (N-methyl/N-ethyl adjacent to an activating group) is 4. The number of piperidine rings is 2. The summed E-state index contributed by atoms with van der Waals surface area (Å²) in [4.78, 5) is 144. The molecule has 36 nitrogen and oxygen atoms in total. The third kappa shape index (κ3) is 23.8. The molecule has 0 saturated carbocycles. The number of carboxylic acid groups (broad SMARTS) is 1. The predicted molar refractivity (Wildman–Crippen MR) is 416 cm³/mol. The van der Waals surface area contributed by atoms with Crippen molar-refractivity contribution < 1.29 is 97.2 Å². The van der Waals surface area contributed by atoms with Gasteiger partial charge < -0.3 is 80.3 Å². The van der Waals surface area contributed by atoms with Gasteiger partial charge >= 0.3 is 30.4 Å². The molecule has 9 N–H and O–H groups in total. The Hall–Kier alpha value is -11.5. The molecule has 115 heavy (non-hydrogen) atoms. The van der Waals surface area contributed by atoms with E-state index >= 15 is 0 Å². The summed E-state index contributed by atoms with van der Waals surface area (Å²) in [6, 6.07) is 16.9. The van der Waals surface area contributed by atoms with Crippen LogP contribution in [0.4, 0.5) is 0 Å². The molecule has 9 rings (SSSR count). The maximum atomic E-state index is 14.2. The van der Waals surface area contributed by atoms with Gasteiger partial charge in [0.1, 0.15) is 58.8 Å². The molecule has 6 aromatic rings. The molecular formula is C79H106N16O20. The van der Waals surface area contributed by atoms with Crippen molar-refractivity contribution in [2.24, 2.45) is 0 Å². The van der Waals surface area contributed by atoms with E-state index < -0.39 is 66.1 Å². The van der Waals surface area contributed by atoms with E-state index in [9.17, 15) is 73.5 Å². The molecule has 2 atom stereocenters. The molecule has 6 amide bonds. The SMILES string of the molecule is CCNC(=O)c1nnc(-c2cc(C(C)C)c(O)cc2O)n1-c1ccc(OC2CCN(C(=O)CCNC(=O)[C@@H](CCC(=O)N3CCC(Oc4ccc(-n5c(C(=O)NCC)nnc5-c5cc(C(C)C)c(O)cc5O)cc4)CC3)NC(=O)CC[C@H](C(=O)O)N(CC)CCN(C)CC(=O)OC3OC(=O)CN(C)CCN(C)CC(=O)O3)CC2)cc1. The molecule has 0 unspecified atom stereocenters. The highest BCUT2D eigenvalue weighted by Gasteiger charge is 2.34. The molecule has 3 saturated heterocycles. The van der Waals surface area contributed by atoms with Crippen molar-refractivity contribution in [3.63, 3.8) is 0 Å². The minimum absolute atomic E-state index is 0.0330. The third-order valence-electron chi connectivity index (χ3n) is 20.0. The van der Waals surface area contributed by atoms with Gasteiger partial charge in [0, 0.05) is 140 Å². The number of amides is 6. The number of ether oxygens (including phenoxy) is 5. The third-order valence-corrected chi connectivity index (χ3v) is 20.0. The lowest BCUT2D eigenvalue weighted by Crippen LogP contribution is -2.49. The first-order valence-electron chi connectivity index (χ1n) is 38.8. The Morgan fingerprint density at radius 2 is 1.03 bits per heavy atom. The molecule has 622 valence electrons. The van der Waals surface area contributed by atoms with E-state index in [1.54, 1.807) is 127 Å². The lowest BCUT2D eigenvalue weighted by Gasteiger charge is -2.33. The van der Waals surface area contributed by atoms with Crippen LogP contribution >= 0.6 is 0 Å². The summed E-state index contributed by atoms with van der Waals surface area (Å²) in [5, 5.41) is 81.7. The van der Waals surface area contributed by atoms with E-state index in [1.165, 1.54) is 26.2 Å². The van der Waals surface area contributed by atoms with E-state index in [2.05, 4.69) is 41.7 Å². The number of phenols is 4. The summed E-state index contributed by atoms with van der Waals surface area (Å²) >= 11 is 0. The smallest absolute Gasteiger partial charge is 0.412 e. The lowest BCUT2D eigenvalue weighted by atomic mass is 9.98. The number of aromatic nitrogens is 6. The fourth-order valence-corrected chi connectivity index (χ4v) is 13.7. The zero-order chi connectivity index (χ0) is 83.3. The standard InChI is InChI=1S/C79H106N16O20/c1-11-80-76(107)73-86-84-71(57-40-55(47(4)5)61(96)42-63(57)98)94(73)49-14-18-51(19-15-49)111-53-27-32-92(33-28-53)66(101)25-22-59(83-65(100)24-23-60(78(109)110)91(13-3)39-38-90(10)46-70(105)115-79-113-68(103)44-88(8)36-37-89(9)45-69(104)114-79)75(106)82-31-26-67(102)93-34-29-54(30-35-93)112-52-20-16-50(17-21-52)95-72(85-87-74(95)77(108)81-12-2)58-41-56(48(6)7)62(97)43-64(58)99/h14-21,40-43,47-48,53-54,59-60,79,96-99H,11-13,22-39,44-46H2,1-10H3,(H,80,107)(H,81,108)(H,82,106)(H,83,100)(H,109,110)/t59-,60-/m1/s1. The van der Waals surface area contributed by atoms with E-state index in [-0.39, 0.29) is 184 Å². The number of hydrogen-bond donors (Lipinski definition) is 9. The molecule has 3 aliphatic rings. The molecule has 0 radical (unpaired) electrons. The molecule has 36 heteroatoms. The van der Waals surface area contributed by atoms with Crippen LogP contribution < -0.4 is 30.7 Å². The monoisotopic (exact) mass is 1600 g/mol. The van der Waals surface area contributed by atoms with Crippen LogP contribution in [0.5, 0.6) is 34.5 Å². The quantitative estimate of drug-likeness (QED) is 0.0255. The number of benzene rings is 4. The first kappa shape index (κ1) is 87.5. The lowest BCUT2D eigenvalue weighted by molar-refractivity contribution is -0.258. The van der Waals surface area contributed by atoms with Crippen LogP contribution in [0.2, 0.25) is 0 Å². The number of esters is 3. The fourth-order valence-electron chi connectivity index (χ4n) is 13.7. The van der Waals surface area contributed by atoms with Gasteiger partial charge in [-0.3, -0.25) is 76.7 Å². The van der Waals surface area contributed by atoms with Crippen LogP contribution in [0.1, 0.15) is 150 Å². The summed E-state index contributed by atoms with van der Waals surface area (Å²) in [6.07, 6.45) is 0.158. The Labute approximate surface area is 666 Å². The number of likely N-dealkylation sites (tertiary alicyclic amines) is 2. The van der Waals surface area contributed by atoms with Crippen LogP contribution in [-0.2, 0) is 52.6 Å². The number of aliphatic carboxylic acids is 1. The van der Waals surface area contributed by atoms with Crippen molar-refractivity contribution in [3.8, 4) is 68.6 Å². The Morgan fingerprint density at radius 3 is 1.45 bits per heavy atom. The highest BCUT2D eigenvalue weighted by molar-refractivity contribution is 5.93. The van der Waals surface area contributed by atoms with E-state index in [0.717, 1.165) is 0 Å². The molecule has 3 aliphatic heterocycles. The summed E-state index contributed by atoms with van der Waals surface area (Å²) in [7, 11) is 4.94. The second kappa shape index (κ2) is 41.0. The minimum Gasteiger partial charge on any atom is -0.508 e. The van der Waals surface area contributed by atoms with Crippen molar-refractivity contribution in [1.82, 2.24) is 80.2 Å². The Morgan fingerprint density at radius 1 is 0.574 bits per heavy atom. The van der Waals surface area contributed by atoms with Crippen molar-refractivity contribution in [2.45, 2.75) is 149 Å². The van der Waals surface area contributed by atoms with E-state index in [4.69, 9.17) is 23.7 Å². The highest BCUT2D eigenvalue weighted by atomic mass is 16.9. The van der Waals surface area contributed by atoms with Gasteiger partial charge in [-0.25, -0.2) is 0 Å².